The van der Waals surface area contributed by atoms with Gasteiger partial charge in [0.05, 0.1) is 0 Å². The van der Waals surface area contributed by atoms with E-state index in [1.807, 2.05) is 6.07 Å². The second-order valence-corrected chi connectivity index (χ2v) is 3.75. The van der Waals surface area contributed by atoms with Crippen molar-refractivity contribution in [1.82, 2.24) is 0 Å². The Morgan fingerprint density at radius 2 is 2.33 bits per heavy atom. The Morgan fingerprint density at radius 1 is 1.53 bits per heavy atom. The number of hydrogen-bond donors (Lipinski definition) is 0. The number of ether oxygens (including phenoxy) is 1. The fourth-order valence-electron chi connectivity index (χ4n) is 1.77. The number of carbonyl (C=O) groups is 1. The van der Waals surface area contributed by atoms with Crippen molar-refractivity contribution in [3.05, 3.63) is 35.4 Å². The number of hydrogen-bond acceptors (Lipinski definition) is 2. The van der Waals surface area contributed by atoms with Crippen LogP contribution >= 0.6 is 0 Å². The van der Waals surface area contributed by atoms with Gasteiger partial charge in [0.1, 0.15) is 12.4 Å². The highest BCUT2D eigenvalue weighted by Crippen LogP contribution is 2.33. The number of aryl methyl sites for hydroxylation is 1. The quantitative estimate of drug-likeness (QED) is 0.689. The molecule has 0 bridgehead atoms. The SMILES string of the molecule is CCc1ccc2c(c1)/C(=C/C(C)=O)CO2. The first-order valence-electron chi connectivity index (χ1n) is 5.18. The van der Waals surface area contributed by atoms with Crippen LogP contribution in [0.25, 0.3) is 5.57 Å². The highest BCUT2D eigenvalue weighted by Gasteiger charge is 2.17. The van der Waals surface area contributed by atoms with E-state index in [2.05, 4.69) is 19.1 Å². The van der Waals surface area contributed by atoms with Crippen LogP contribution in [0.3, 0.4) is 0 Å². The van der Waals surface area contributed by atoms with E-state index in [4.69, 9.17) is 4.74 Å². The third-order valence-corrected chi connectivity index (χ3v) is 2.56. The van der Waals surface area contributed by atoms with E-state index in [9.17, 15) is 4.79 Å². The predicted octanol–water partition coefficient (Wildman–Crippen LogP) is 2.61. The summed E-state index contributed by atoms with van der Waals surface area (Å²) in [5, 5.41) is 0. The van der Waals surface area contributed by atoms with Gasteiger partial charge < -0.3 is 4.74 Å². The second-order valence-electron chi connectivity index (χ2n) is 3.75. The molecule has 0 saturated heterocycles. The van der Waals surface area contributed by atoms with Gasteiger partial charge in [-0.15, -0.1) is 0 Å². The molecule has 15 heavy (non-hydrogen) atoms. The summed E-state index contributed by atoms with van der Waals surface area (Å²) < 4.78 is 5.49. The van der Waals surface area contributed by atoms with Gasteiger partial charge in [0.15, 0.2) is 5.78 Å². The molecule has 0 atom stereocenters. The first kappa shape index (κ1) is 9.97. The van der Waals surface area contributed by atoms with Crippen molar-refractivity contribution in [1.29, 1.82) is 0 Å². The van der Waals surface area contributed by atoms with Gasteiger partial charge in [-0.2, -0.15) is 0 Å². The minimum Gasteiger partial charge on any atom is -0.488 e. The molecule has 0 N–H and O–H groups in total. The fourth-order valence-corrected chi connectivity index (χ4v) is 1.77. The van der Waals surface area contributed by atoms with Crippen LogP contribution in [-0.2, 0) is 11.2 Å². The van der Waals surface area contributed by atoms with Crippen LogP contribution in [0, 0.1) is 0 Å². The molecule has 2 rings (SSSR count). The number of rotatable bonds is 2. The van der Waals surface area contributed by atoms with Gasteiger partial charge in [-0.1, -0.05) is 13.0 Å². The molecule has 1 aromatic rings. The molecule has 0 saturated carbocycles. The molecule has 0 aliphatic carbocycles. The van der Waals surface area contributed by atoms with Crippen molar-refractivity contribution >= 4 is 11.4 Å². The first-order valence-corrected chi connectivity index (χ1v) is 5.18. The van der Waals surface area contributed by atoms with Crippen LogP contribution in [0.4, 0.5) is 0 Å². The monoisotopic (exact) mass is 202 g/mol. The topological polar surface area (TPSA) is 26.3 Å². The van der Waals surface area contributed by atoms with Crippen molar-refractivity contribution < 1.29 is 9.53 Å². The Hall–Kier alpha value is -1.57. The molecular weight excluding hydrogens is 188 g/mol. The zero-order valence-electron chi connectivity index (χ0n) is 9.04. The summed E-state index contributed by atoms with van der Waals surface area (Å²) in [6.07, 6.45) is 2.66. The summed E-state index contributed by atoms with van der Waals surface area (Å²) in [5.41, 5.74) is 3.34. The number of allylic oxidation sites excluding steroid dienone is 1. The summed E-state index contributed by atoms with van der Waals surface area (Å²) in [6, 6.07) is 6.15. The average Bonchev–Trinajstić information content (AvgIpc) is 2.60. The van der Waals surface area contributed by atoms with E-state index in [0.717, 1.165) is 23.3 Å². The molecule has 1 aliphatic rings. The van der Waals surface area contributed by atoms with Crippen LogP contribution in [0.2, 0.25) is 0 Å². The van der Waals surface area contributed by atoms with E-state index in [0.29, 0.717) is 6.61 Å². The smallest absolute Gasteiger partial charge is 0.153 e. The molecule has 0 aromatic heterocycles. The molecule has 0 radical (unpaired) electrons. The van der Waals surface area contributed by atoms with Gasteiger partial charge in [-0.3, -0.25) is 4.79 Å². The molecule has 0 fully saturated rings. The van der Waals surface area contributed by atoms with Crippen LogP contribution in [-0.4, -0.2) is 12.4 Å². The molecule has 2 heteroatoms. The molecule has 0 unspecified atom stereocenters. The van der Waals surface area contributed by atoms with Gasteiger partial charge in [0.2, 0.25) is 0 Å². The highest BCUT2D eigenvalue weighted by atomic mass is 16.5. The average molecular weight is 202 g/mol. The van der Waals surface area contributed by atoms with Gasteiger partial charge >= 0.3 is 0 Å². The number of benzene rings is 1. The maximum Gasteiger partial charge on any atom is 0.153 e. The molecule has 1 aliphatic heterocycles. The molecule has 0 spiro atoms. The Kier molecular flexibility index (Phi) is 2.58. The third kappa shape index (κ3) is 1.94. The van der Waals surface area contributed by atoms with Gasteiger partial charge in [0.25, 0.3) is 0 Å². The van der Waals surface area contributed by atoms with E-state index in [1.165, 1.54) is 5.56 Å². The van der Waals surface area contributed by atoms with E-state index in [1.54, 1.807) is 13.0 Å². The first-order chi connectivity index (χ1) is 7.20. The van der Waals surface area contributed by atoms with Crippen molar-refractivity contribution in [2.24, 2.45) is 0 Å². The molecule has 2 nitrogen and oxygen atoms in total. The molecule has 1 heterocycles. The van der Waals surface area contributed by atoms with Gasteiger partial charge in [-0.25, -0.2) is 0 Å². The number of carbonyl (C=O) groups excluding carboxylic acids is 1. The number of ketones is 1. The van der Waals surface area contributed by atoms with Crippen molar-refractivity contribution in [2.75, 3.05) is 6.61 Å². The minimum atomic E-state index is 0.0725. The van der Waals surface area contributed by atoms with Crippen molar-refractivity contribution in [3.8, 4) is 5.75 Å². The second kappa shape index (κ2) is 3.89. The summed E-state index contributed by atoms with van der Waals surface area (Å²) in [4.78, 5) is 11.0. The normalized spacial score (nSPS) is 16.3. The fraction of sp³-hybridized carbons (Fsp3) is 0.308. The minimum absolute atomic E-state index is 0.0725. The largest absolute Gasteiger partial charge is 0.488 e. The van der Waals surface area contributed by atoms with Crippen LogP contribution in [0.1, 0.15) is 25.0 Å². The maximum atomic E-state index is 11.0. The van der Waals surface area contributed by atoms with Gasteiger partial charge in [0, 0.05) is 11.1 Å². The Morgan fingerprint density at radius 3 is 3.00 bits per heavy atom. The Labute approximate surface area is 89.6 Å². The summed E-state index contributed by atoms with van der Waals surface area (Å²) in [6.45, 7) is 4.20. The van der Waals surface area contributed by atoms with Crippen LogP contribution < -0.4 is 4.74 Å². The molecule has 1 aromatic carbocycles. The summed E-state index contributed by atoms with van der Waals surface area (Å²) in [5.74, 6) is 0.961. The predicted molar refractivity (Wildman–Crippen MR) is 60.0 cm³/mol. The zero-order chi connectivity index (χ0) is 10.8. The highest BCUT2D eigenvalue weighted by molar-refractivity contribution is 5.96. The molecular formula is C13H14O2. The van der Waals surface area contributed by atoms with E-state index in [-0.39, 0.29) is 5.78 Å². The van der Waals surface area contributed by atoms with Crippen LogP contribution in [0.15, 0.2) is 24.3 Å². The summed E-state index contributed by atoms with van der Waals surface area (Å²) in [7, 11) is 0. The van der Waals surface area contributed by atoms with Crippen LogP contribution in [0.5, 0.6) is 5.75 Å². The Balaban J connectivity index is 2.44. The zero-order valence-corrected chi connectivity index (χ0v) is 9.04. The van der Waals surface area contributed by atoms with E-state index >= 15 is 0 Å². The van der Waals surface area contributed by atoms with E-state index < -0.39 is 0 Å². The molecule has 78 valence electrons. The van der Waals surface area contributed by atoms with Crippen molar-refractivity contribution in [3.63, 3.8) is 0 Å². The Bertz CT molecular complexity index is 430. The lowest BCUT2D eigenvalue weighted by Crippen LogP contribution is -1.91. The number of fused-ring (bicyclic) bond motifs is 1. The lowest BCUT2D eigenvalue weighted by Gasteiger charge is -2.01. The standard InChI is InChI=1S/C13H14O2/c1-3-10-4-5-13-12(7-10)11(8-15-13)6-9(2)14/h4-7H,3,8H2,1-2H3/b11-6+. The maximum absolute atomic E-state index is 11.0. The lowest BCUT2D eigenvalue weighted by atomic mass is 10.0. The third-order valence-electron chi connectivity index (χ3n) is 2.56. The van der Waals surface area contributed by atoms with Gasteiger partial charge in [-0.05, 0) is 37.1 Å². The summed E-state index contributed by atoms with van der Waals surface area (Å²) >= 11 is 0. The molecule has 0 amide bonds. The van der Waals surface area contributed by atoms with Crippen molar-refractivity contribution in [2.45, 2.75) is 20.3 Å². The lowest BCUT2D eigenvalue weighted by molar-refractivity contribution is -0.112.